The lowest BCUT2D eigenvalue weighted by Gasteiger charge is -2.29. The number of hydrogen-bond donors (Lipinski definition) is 0. The summed E-state index contributed by atoms with van der Waals surface area (Å²) in [6, 6.07) is 2.12. The molecule has 0 atom stereocenters. The number of rotatable bonds is 4. The van der Waals surface area contributed by atoms with Crippen molar-refractivity contribution in [1.29, 1.82) is 0 Å². The molecule has 0 spiro atoms. The minimum Gasteiger partial charge on any atom is -0.359 e. The fourth-order valence-corrected chi connectivity index (χ4v) is 3.50. The van der Waals surface area contributed by atoms with Crippen LogP contribution in [-0.2, 0) is 5.88 Å². The highest BCUT2D eigenvalue weighted by molar-refractivity contribution is 6.17. The topological polar surface area (TPSA) is 16.1 Å². The van der Waals surface area contributed by atoms with Crippen molar-refractivity contribution >= 4 is 17.4 Å². The van der Waals surface area contributed by atoms with Gasteiger partial charge in [0.05, 0.1) is 5.88 Å². The number of aromatic nitrogens is 1. The van der Waals surface area contributed by atoms with Crippen molar-refractivity contribution in [3.8, 4) is 0 Å². The summed E-state index contributed by atoms with van der Waals surface area (Å²) in [5.74, 6) is 2.45. The molecular formula is C16H25ClN2. The number of hydrogen-bond acceptors (Lipinski definition) is 2. The second-order valence-corrected chi connectivity index (χ2v) is 6.17. The van der Waals surface area contributed by atoms with Crippen molar-refractivity contribution < 1.29 is 0 Å². The predicted molar refractivity (Wildman–Crippen MR) is 83.1 cm³/mol. The predicted octanol–water partition coefficient (Wildman–Crippen LogP) is 4.45. The summed E-state index contributed by atoms with van der Waals surface area (Å²) in [6.07, 6.45) is 6.92. The summed E-state index contributed by atoms with van der Waals surface area (Å²) in [5, 5.41) is 0. The summed E-state index contributed by atoms with van der Waals surface area (Å²) in [5.41, 5.74) is 3.52. The van der Waals surface area contributed by atoms with Gasteiger partial charge in [-0.3, -0.25) is 0 Å². The molecule has 0 amide bonds. The van der Waals surface area contributed by atoms with Crippen LogP contribution in [0.25, 0.3) is 0 Å². The normalized spacial score (nSPS) is 16.6. The van der Waals surface area contributed by atoms with Crippen molar-refractivity contribution in [3.63, 3.8) is 0 Å². The molecule has 2 nitrogen and oxygen atoms in total. The first kappa shape index (κ1) is 14.6. The number of pyridine rings is 1. The van der Waals surface area contributed by atoms with Gasteiger partial charge in [-0.2, -0.15) is 0 Å². The molecule has 0 N–H and O–H groups in total. The molecule has 0 unspecified atom stereocenters. The van der Waals surface area contributed by atoms with Gasteiger partial charge in [-0.25, -0.2) is 4.98 Å². The Labute approximate surface area is 122 Å². The van der Waals surface area contributed by atoms with Crippen LogP contribution in [0.15, 0.2) is 6.07 Å². The van der Waals surface area contributed by atoms with Crippen LogP contribution < -0.4 is 4.90 Å². The van der Waals surface area contributed by atoms with E-state index in [1.54, 1.807) is 0 Å². The lowest BCUT2D eigenvalue weighted by Crippen LogP contribution is -2.28. The summed E-state index contributed by atoms with van der Waals surface area (Å²) in [4.78, 5) is 7.02. The molecule has 1 aromatic rings. The minimum atomic E-state index is 0.545. The highest BCUT2D eigenvalue weighted by Gasteiger charge is 2.18. The number of anilines is 1. The van der Waals surface area contributed by atoms with Crippen molar-refractivity contribution in [2.75, 3.05) is 18.5 Å². The highest BCUT2D eigenvalue weighted by atomic mass is 35.5. The molecule has 1 saturated carbocycles. The molecular weight excluding hydrogens is 256 g/mol. The van der Waals surface area contributed by atoms with E-state index in [0.717, 1.165) is 24.0 Å². The smallest absolute Gasteiger partial charge is 0.133 e. The summed E-state index contributed by atoms with van der Waals surface area (Å²) in [6.45, 7) is 5.30. The highest BCUT2D eigenvalue weighted by Crippen LogP contribution is 2.28. The Morgan fingerprint density at radius 3 is 2.58 bits per heavy atom. The third kappa shape index (κ3) is 3.62. The first-order chi connectivity index (χ1) is 9.11. The Morgan fingerprint density at radius 1 is 1.26 bits per heavy atom. The molecule has 0 aromatic carbocycles. The minimum absolute atomic E-state index is 0.545. The van der Waals surface area contributed by atoms with E-state index in [0.29, 0.717) is 5.88 Å². The molecule has 1 aliphatic rings. The van der Waals surface area contributed by atoms with Gasteiger partial charge in [-0.05, 0) is 44.2 Å². The molecule has 0 bridgehead atoms. The van der Waals surface area contributed by atoms with E-state index in [4.69, 9.17) is 16.6 Å². The Hall–Kier alpha value is -0.760. The average Bonchev–Trinajstić information content (AvgIpc) is 2.39. The van der Waals surface area contributed by atoms with Gasteiger partial charge in [0, 0.05) is 24.8 Å². The van der Waals surface area contributed by atoms with Crippen LogP contribution >= 0.6 is 11.6 Å². The van der Waals surface area contributed by atoms with E-state index < -0.39 is 0 Å². The number of alkyl halides is 1. The van der Waals surface area contributed by atoms with Crippen molar-refractivity contribution in [2.24, 2.45) is 5.92 Å². The van der Waals surface area contributed by atoms with Gasteiger partial charge in [0.15, 0.2) is 0 Å². The van der Waals surface area contributed by atoms with Crippen LogP contribution in [0.3, 0.4) is 0 Å². The van der Waals surface area contributed by atoms with E-state index in [1.807, 2.05) is 0 Å². The van der Waals surface area contributed by atoms with Gasteiger partial charge in [0.1, 0.15) is 5.82 Å². The van der Waals surface area contributed by atoms with Crippen LogP contribution in [0.2, 0.25) is 0 Å². The lowest BCUT2D eigenvalue weighted by molar-refractivity contribution is 0.361. The van der Waals surface area contributed by atoms with Gasteiger partial charge in [0.2, 0.25) is 0 Å². The van der Waals surface area contributed by atoms with Crippen LogP contribution in [0.5, 0.6) is 0 Å². The van der Waals surface area contributed by atoms with Crippen molar-refractivity contribution in [2.45, 2.75) is 51.8 Å². The van der Waals surface area contributed by atoms with Gasteiger partial charge < -0.3 is 4.90 Å². The molecule has 106 valence electrons. The first-order valence-electron chi connectivity index (χ1n) is 7.36. The van der Waals surface area contributed by atoms with E-state index in [9.17, 15) is 0 Å². The van der Waals surface area contributed by atoms with Gasteiger partial charge in [0.25, 0.3) is 0 Å². The van der Waals surface area contributed by atoms with Gasteiger partial charge in [-0.1, -0.05) is 19.3 Å². The third-order valence-corrected chi connectivity index (χ3v) is 4.47. The molecule has 1 aliphatic carbocycles. The molecule has 19 heavy (non-hydrogen) atoms. The zero-order chi connectivity index (χ0) is 13.8. The SMILES string of the molecule is Cc1cc(C)c(CCl)c(N(C)CC2CCCCC2)n1. The van der Waals surface area contributed by atoms with E-state index in [-0.39, 0.29) is 0 Å². The maximum atomic E-state index is 6.11. The molecule has 1 heterocycles. The monoisotopic (exact) mass is 280 g/mol. The Kier molecular flexibility index (Phi) is 5.09. The maximum Gasteiger partial charge on any atom is 0.133 e. The summed E-state index contributed by atoms with van der Waals surface area (Å²) in [7, 11) is 2.16. The average molecular weight is 281 g/mol. The first-order valence-corrected chi connectivity index (χ1v) is 7.89. The molecule has 0 aliphatic heterocycles. The molecule has 1 fully saturated rings. The Morgan fingerprint density at radius 2 is 1.95 bits per heavy atom. The Balaban J connectivity index is 2.15. The van der Waals surface area contributed by atoms with Crippen molar-refractivity contribution in [3.05, 3.63) is 22.9 Å². The van der Waals surface area contributed by atoms with Gasteiger partial charge in [-0.15, -0.1) is 11.6 Å². The van der Waals surface area contributed by atoms with Crippen LogP contribution in [0, 0.1) is 19.8 Å². The van der Waals surface area contributed by atoms with Crippen molar-refractivity contribution in [1.82, 2.24) is 4.98 Å². The lowest BCUT2D eigenvalue weighted by atomic mass is 9.89. The largest absolute Gasteiger partial charge is 0.359 e. The molecule has 0 saturated heterocycles. The van der Waals surface area contributed by atoms with Gasteiger partial charge >= 0.3 is 0 Å². The number of nitrogens with zero attached hydrogens (tertiary/aromatic N) is 2. The van der Waals surface area contributed by atoms with Crippen LogP contribution in [0.1, 0.15) is 48.9 Å². The molecule has 0 radical (unpaired) electrons. The summed E-state index contributed by atoms with van der Waals surface area (Å²) >= 11 is 6.11. The van der Waals surface area contributed by atoms with E-state index >= 15 is 0 Å². The Bertz CT molecular complexity index is 425. The molecule has 2 rings (SSSR count). The fraction of sp³-hybridized carbons (Fsp3) is 0.688. The standard InChI is InChI=1S/C16H25ClN2/c1-12-9-13(2)18-16(15(12)10-17)19(3)11-14-7-5-4-6-8-14/h9,14H,4-8,10-11H2,1-3H3. The quantitative estimate of drug-likeness (QED) is 0.757. The second kappa shape index (κ2) is 6.60. The number of aryl methyl sites for hydroxylation is 2. The van der Waals surface area contributed by atoms with E-state index in [1.165, 1.54) is 43.2 Å². The zero-order valence-electron chi connectivity index (χ0n) is 12.4. The molecule has 3 heteroatoms. The summed E-state index contributed by atoms with van der Waals surface area (Å²) < 4.78 is 0. The number of halogens is 1. The fourth-order valence-electron chi connectivity index (χ4n) is 3.17. The third-order valence-electron chi connectivity index (χ3n) is 4.21. The second-order valence-electron chi connectivity index (χ2n) is 5.90. The zero-order valence-corrected chi connectivity index (χ0v) is 13.1. The van der Waals surface area contributed by atoms with Crippen LogP contribution in [0.4, 0.5) is 5.82 Å². The van der Waals surface area contributed by atoms with E-state index in [2.05, 4.69) is 31.9 Å². The van der Waals surface area contributed by atoms with Crippen LogP contribution in [-0.4, -0.2) is 18.6 Å². The molecule has 1 aromatic heterocycles. The maximum absolute atomic E-state index is 6.11.